The Morgan fingerprint density at radius 1 is 1.42 bits per heavy atom. The molecule has 66 valence electrons. The van der Waals surface area contributed by atoms with Crippen LogP contribution in [0.4, 0.5) is 5.69 Å². The third-order valence-electron chi connectivity index (χ3n) is 1.80. The molecule has 2 nitrogen and oxygen atoms in total. The molecule has 2 N–H and O–H groups in total. The van der Waals surface area contributed by atoms with Crippen LogP contribution in [0.5, 0.6) is 0 Å². The summed E-state index contributed by atoms with van der Waals surface area (Å²) in [7, 11) is 0. The first-order chi connectivity index (χ1) is 5.59. The molecule has 0 fully saturated rings. The molecule has 0 aliphatic rings. The highest BCUT2D eigenvalue weighted by Gasteiger charge is 2.00. The van der Waals surface area contributed by atoms with E-state index in [-0.39, 0.29) is 0 Å². The van der Waals surface area contributed by atoms with Crippen molar-refractivity contribution in [2.45, 2.75) is 27.2 Å². The zero-order chi connectivity index (χ0) is 9.14. The van der Waals surface area contributed by atoms with E-state index in [0.717, 1.165) is 23.5 Å². The van der Waals surface area contributed by atoms with Gasteiger partial charge in [-0.1, -0.05) is 13.8 Å². The van der Waals surface area contributed by atoms with E-state index in [1.165, 1.54) is 0 Å². The summed E-state index contributed by atoms with van der Waals surface area (Å²) in [4.78, 5) is 4.39. The van der Waals surface area contributed by atoms with Crippen LogP contribution in [0.3, 0.4) is 0 Å². The Kier molecular flexibility index (Phi) is 2.69. The van der Waals surface area contributed by atoms with Gasteiger partial charge in [-0.2, -0.15) is 0 Å². The van der Waals surface area contributed by atoms with Crippen LogP contribution in [-0.4, -0.2) is 4.98 Å². The lowest BCUT2D eigenvalue weighted by Gasteiger charge is -2.05. The summed E-state index contributed by atoms with van der Waals surface area (Å²) in [5.74, 6) is 0.653. The SMILES string of the molecule is Cc1nc(CC(C)C)ccc1N. The van der Waals surface area contributed by atoms with Crippen LogP contribution in [0.1, 0.15) is 25.2 Å². The van der Waals surface area contributed by atoms with Crippen molar-refractivity contribution in [2.24, 2.45) is 5.92 Å². The minimum atomic E-state index is 0.653. The molecule has 0 bridgehead atoms. The molecule has 12 heavy (non-hydrogen) atoms. The lowest BCUT2D eigenvalue weighted by molar-refractivity contribution is 0.634. The van der Waals surface area contributed by atoms with Gasteiger partial charge in [0.1, 0.15) is 0 Å². The molecule has 1 aromatic rings. The number of rotatable bonds is 2. The Balaban J connectivity index is 2.82. The van der Waals surface area contributed by atoms with Gasteiger partial charge in [-0.15, -0.1) is 0 Å². The van der Waals surface area contributed by atoms with Crippen molar-refractivity contribution in [3.63, 3.8) is 0 Å². The van der Waals surface area contributed by atoms with Gasteiger partial charge in [0.05, 0.1) is 11.4 Å². The Morgan fingerprint density at radius 2 is 2.08 bits per heavy atom. The van der Waals surface area contributed by atoms with Gasteiger partial charge in [0, 0.05) is 5.69 Å². The van der Waals surface area contributed by atoms with Crippen molar-refractivity contribution in [1.29, 1.82) is 0 Å². The number of hydrogen-bond donors (Lipinski definition) is 1. The van der Waals surface area contributed by atoms with E-state index >= 15 is 0 Å². The first-order valence-corrected chi connectivity index (χ1v) is 4.31. The van der Waals surface area contributed by atoms with Crippen molar-refractivity contribution < 1.29 is 0 Å². The van der Waals surface area contributed by atoms with Crippen molar-refractivity contribution >= 4 is 5.69 Å². The van der Waals surface area contributed by atoms with E-state index in [4.69, 9.17) is 5.73 Å². The molecule has 0 atom stereocenters. The molecule has 0 radical (unpaired) electrons. The topological polar surface area (TPSA) is 38.9 Å². The highest BCUT2D eigenvalue weighted by atomic mass is 14.7. The molecule has 2 heteroatoms. The second-order valence-corrected chi connectivity index (χ2v) is 3.58. The second kappa shape index (κ2) is 3.57. The van der Waals surface area contributed by atoms with Gasteiger partial charge in [-0.25, -0.2) is 0 Å². The molecular weight excluding hydrogens is 148 g/mol. The minimum Gasteiger partial charge on any atom is -0.397 e. The van der Waals surface area contributed by atoms with Crippen molar-refractivity contribution in [3.05, 3.63) is 23.5 Å². The quantitative estimate of drug-likeness (QED) is 0.727. The summed E-state index contributed by atoms with van der Waals surface area (Å²) in [6.45, 7) is 6.32. The van der Waals surface area contributed by atoms with E-state index in [9.17, 15) is 0 Å². The Morgan fingerprint density at radius 3 is 2.58 bits per heavy atom. The Hall–Kier alpha value is -1.05. The molecule has 1 aromatic heterocycles. The van der Waals surface area contributed by atoms with Crippen LogP contribution in [0.15, 0.2) is 12.1 Å². The molecule has 0 unspecified atom stereocenters. The van der Waals surface area contributed by atoms with Crippen LogP contribution in [-0.2, 0) is 6.42 Å². The fourth-order valence-electron chi connectivity index (χ4n) is 1.16. The van der Waals surface area contributed by atoms with Gasteiger partial charge in [-0.3, -0.25) is 4.98 Å². The van der Waals surface area contributed by atoms with E-state index in [1.807, 2.05) is 19.1 Å². The highest BCUT2D eigenvalue weighted by Crippen LogP contribution is 2.11. The van der Waals surface area contributed by atoms with E-state index in [2.05, 4.69) is 18.8 Å². The van der Waals surface area contributed by atoms with Gasteiger partial charge in [0.2, 0.25) is 0 Å². The number of nitrogens with zero attached hydrogens (tertiary/aromatic N) is 1. The fourth-order valence-corrected chi connectivity index (χ4v) is 1.16. The maximum Gasteiger partial charge on any atom is 0.0604 e. The predicted octanol–water partition coefficient (Wildman–Crippen LogP) is 2.17. The van der Waals surface area contributed by atoms with Crippen LogP contribution >= 0.6 is 0 Å². The zero-order valence-electron chi connectivity index (χ0n) is 7.96. The molecule has 0 saturated carbocycles. The van der Waals surface area contributed by atoms with Crippen LogP contribution in [0.25, 0.3) is 0 Å². The highest BCUT2D eigenvalue weighted by molar-refractivity contribution is 5.42. The van der Waals surface area contributed by atoms with Gasteiger partial charge in [0.15, 0.2) is 0 Å². The monoisotopic (exact) mass is 164 g/mol. The van der Waals surface area contributed by atoms with E-state index in [0.29, 0.717) is 5.92 Å². The minimum absolute atomic E-state index is 0.653. The zero-order valence-corrected chi connectivity index (χ0v) is 7.96. The summed E-state index contributed by atoms with van der Waals surface area (Å²) in [5.41, 5.74) is 8.51. The molecule has 1 rings (SSSR count). The number of nitrogens with two attached hydrogens (primary N) is 1. The van der Waals surface area contributed by atoms with Crippen molar-refractivity contribution in [2.75, 3.05) is 5.73 Å². The van der Waals surface area contributed by atoms with E-state index < -0.39 is 0 Å². The van der Waals surface area contributed by atoms with Crippen molar-refractivity contribution in [3.8, 4) is 0 Å². The van der Waals surface area contributed by atoms with Crippen molar-refractivity contribution in [1.82, 2.24) is 4.98 Å². The third-order valence-corrected chi connectivity index (χ3v) is 1.80. The van der Waals surface area contributed by atoms with Gasteiger partial charge >= 0.3 is 0 Å². The number of hydrogen-bond acceptors (Lipinski definition) is 2. The molecule has 0 aliphatic carbocycles. The number of anilines is 1. The molecule has 1 heterocycles. The summed E-state index contributed by atoms with van der Waals surface area (Å²) in [6.07, 6.45) is 1.03. The molecule has 0 amide bonds. The lowest BCUT2D eigenvalue weighted by atomic mass is 10.1. The smallest absolute Gasteiger partial charge is 0.0604 e. The first kappa shape index (κ1) is 9.04. The summed E-state index contributed by atoms with van der Waals surface area (Å²) >= 11 is 0. The summed E-state index contributed by atoms with van der Waals surface area (Å²) in [6, 6.07) is 3.93. The van der Waals surface area contributed by atoms with Crippen LogP contribution < -0.4 is 5.73 Å². The molecule has 0 aliphatic heterocycles. The van der Waals surface area contributed by atoms with Gasteiger partial charge in [0.25, 0.3) is 0 Å². The van der Waals surface area contributed by atoms with Crippen LogP contribution in [0, 0.1) is 12.8 Å². The second-order valence-electron chi connectivity index (χ2n) is 3.58. The maximum atomic E-state index is 5.66. The molecule has 0 saturated heterocycles. The Labute approximate surface area is 73.8 Å². The lowest BCUT2D eigenvalue weighted by Crippen LogP contribution is -2.00. The molecule has 0 spiro atoms. The third kappa shape index (κ3) is 2.22. The van der Waals surface area contributed by atoms with Crippen LogP contribution in [0.2, 0.25) is 0 Å². The molecule has 0 aromatic carbocycles. The number of nitrogen functional groups attached to an aromatic ring is 1. The Bertz CT molecular complexity index is 267. The normalized spacial score (nSPS) is 10.7. The number of pyridine rings is 1. The average Bonchev–Trinajstić information content (AvgIpc) is 1.96. The number of aromatic nitrogens is 1. The largest absolute Gasteiger partial charge is 0.397 e. The van der Waals surface area contributed by atoms with E-state index in [1.54, 1.807) is 0 Å². The van der Waals surface area contributed by atoms with Gasteiger partial charge in [-0.05, 0) is 31.4 Å². The standard InChI is InChI=1S/C10H16N2/c1-7(2)6-9-4-5-10(11)8(3)12-9/h4-5,7H,6,11H2,1-3H3. The average molecular weight is 164 g/mol. The first-order valence-electron chi connectivity index (χ1n) is 4.31. The maximum absolute atomic E-state index is 5.66. The molecular formula is C10H16N2. The predicted molar refractivity (Wildman–Crippen MR) is 51.9 cm³/mol. The fraction of sp³-hybridized carbons (Fsp3) is 0.500. The van der Waals surface area contributed by atoms with Gasteiger partial charge < -0.3 is 5.73 Å². The summed E-state index contributed by atoms with van der Waals surface area (Å²) < 4.78 is 0. The number of aryl methyl sites for hydroxylation is 1. The summed E-state index contributed by atoms with van der Waals surface area (Å²) in [5, 5.41) is 0.